The zero-order valence-corrected chi connectivity index (χ0v) is 15.5. The largest absolute Gasteiger partial charge is 0.393 e. The van der Waals surface area contributed by atoms with E-state index in [0.717, 1.165) is 35.9 Å². The molecule has 3 aromatic rings. The Morgan fingerprint density at radius 3 is 2.65 bits per heavy atom. The highest BCUT2D eigenvalue weighted by Gasteiger charge is 2.22. The number of hydrogen-bond donors (Lipinski definition) is 1. The zero-order valence-electron chi connectivity index (χ0n) is 14.7. The number of Topliss-reactive ketones (excluding diaryl/α,β-unsaturated/α-hetero) is 1. The number of benzene rings is 2. The van der Waals surface area contributed by atoms with Gasteiger partial charge in [0.25, 0.3) is 0 Å². The predicted molar refractivity (Wildman–Crippen MR) is 106 cm³/mol. The molecule has 0 aliphatic heterocycles. The number of ketones is 1. The molecule has 0 spiro atoms. The number of aromatic nitrogens is 1. The van der Waals surface area contributed by atoms with E-state index in [2.05, 4.69) is 29.2 Å². The molecule has 1 aliphatic carbocycles. The molecule has 26 heavy (non-hydrogen) atoms. The van der Waals surface area contributed by atoms with E-state index < -0.39 is 6.10 Å². The highest BCUT2D eigenvalue weighted by molar-refractivity contribution is 7.16. The molecular formula is C22H23NO2S. The Labute approximate surface area is 157 Å². The Hall–Kier alpha value is -2.04. The summed E-state index contributed by atoms with van der Waals surface area (Å²) in [6, 6.07) is 14.4. The Bertz CT molecular complexity index is 892. The van der Waals surface area contributed by atoms with Crippen molar-refractivity contribution >= 4 is 27.3 Å². The fourth-order valence-corrected chi connectivity index (χ4v) is 4.67. The third kappa shape index (κ3) is 3.71. The maximum atomic E-state index is 12.5. The Morgan fingerprint density at radius 2 is 1.88 bits per heavy atom. The normalized spacial score (nSPS) is 15.3. The van der Waals surface area contributed by atoms with Gasteiger partial charge in [0.15, 0.2) is 5.78 Å². The molecule has 3 nitrogen and oxygen atoms in total. The minimum Gasteiger partial charge on any atom is -0.393 e. The van der Waals surface area contributed by atoms with Gasteiger partial charge in [0.2, 0.25) is 0 Å². The molecule has 1 heterocycles. The van der Waals surface area contributed by atoms with Crippen molar-refractivity contribution in [3.05, 3.63) is 64.7 Å². The van der Waals surface area contributed by atoms with Gasteiger partial charge in [-0.05, 0) is 61.3 Å². The van der Waals surface area contributed by atoms with Crippen LogP contribution in [-0.4, -0.2) is 22.0 Å². The van der Waals surface area contributed by atoms with Gasteiger partial charge in [0, 0.05) is 12.0 Å². The Morgan fingerprint density at radius 1 is 1.12 bits per heavy atom. The summed E-state index contributed by atoms with van der Waals surface area (Å²) >= 11 is 1.55. The SMILES string of the molecule is O=C(CC[C@@H](O)CCC1Cc2ccccc2C1)c1cccc2scnc12. The molecule has 0 fully saturated rings. The number of carbonyl (C=O) groups excluding carboxylic acids is 1. The summed E-state index contributed by atoms with van der Waals surface area (Å²) in [7, 11) is 0. The van der Waals surface area contributed by atoms with Gasteiger partial charge >= 0.3 is 0 Å². The van der Waals surface area contributed by atoms with E-state index in [4.69, 9.17) is 0 Å². The molecular weight excluding hydrogens is 342 g/mol. The maximum absolute atomic E-state index is 12.5. The topological polar surface area (TPSA) is 50.2 Å². The summed E-state index contributed by atoms with van der Waals surface area (Å²) in [6.07, 6.45) is 4.53. The van der Waals surface area contributed by atoms with E-state index in [9.17, 15) is 9.90 Å². The molecule has 0 saturated carbocycles. The van der Waals surface area contributed by atoms with Gasteiger partial charge in [-0.15, -0.1) is 11.3 Å². The second-order valence-electron chi connectivity index (χ2n) is 7.24. The van der Waals surface area contributed by atoms with E-state index in [-0.39, 0.29) is 5.78 Å². The zero-order chi connectivity index (χ0) is 17.9. The lowest BCUT2D eigenvalue weighted by atomic mass is 9.95. The van der Waals surface area contributed by atoms with Crippen LogP contribution in [0, 0.1) is 5.92 Å². The minimum absolute atomic E-state index is 0.0776. The molecule has 0 saturated heterocycles. The number of fused-ring (bicyclic) bond motifs is 2. The summed E-state index contributed by atoms with van der Waals surface area (Å²) in [4.78, 5) is 16.8. The summed E-state index contributed by atoms with van der Waals surface area (Å²) in [5.74, 6) is 0.704. The maximum Gasteiger partial charge on any atom is 0.165 e. The molecule has 4 rings (SSSR count). The number of carbonyl (C=O) groups is 1. The van der Waals surface area contributed by atoms with Crippen molar-refractivity contribution in [2.45, 2.75) is 44.6 Å². The molecule has 1 atom stereocenters. The molecule has 1 aliphatic rings. The van der Waals surface area contributed by atoms with Crippen LogP contribution in [0.3, 0.4) is 0 Å². The number of thiazole rings is 1. The second kappa shape index (κ2) is 7.68. The van der Waals surface area contributed by atoms with Crippen LogP contribution in [0.2, 0.25) is 0 Å². The second-order valence-corrected chi connectivity index (χ2v) is 8.13. The van der Waals surface area contributed by atoms with Gasteiger partial charge in [0.05, 0.1) is 21.8 Å². The van der Waals surface area contributed by atoms with Crippen molar-refractivity contribution in [3.8, 4) is 0 Å². The fraction of sp³-hybridized carbons (Fsp3) is 0.364. The number of hydrogen-bond acceptors (Lipinski definition) is 4. The van der Waals surface area contributed by atoms with Crippen molar-refractivity contribution in [3.63, 3.8) is 0 Å². The van der Waals surface area contributed by atoms with Gasteiger partial charge in [0.1, 0.15) is 0 Å². The molecule has 0 radical (unpaired) electrons. The first kappa shape index (κ1) is 17.4. The molecule has 2 aromatic carbocycles. The van der Waals surface area contributed by atoms with Crippen molar-refractivity contribution in [1.82, 2.24) is 4.98 Å². The molecule has 1 aromatic heterocycles. The van der Waals surface area contributed by atoms with Crippen LogP contribution < -0.4 is 0 Å². The van der Waals surface area contributed by atoms with Crippen molar-refractivity contribution in [2.75, 3.05) is 0 Å². The van der Waals surface area contributed by atoms with Crippen LogP contribution in [-0.2, 0) is 12.8 Å². The van der Waals surface area contributed by atoms with Gasteiger partial charge in [-0.1, -0.05) is 30.3 Å². The number of para-hydroxylation sites is 1. The van der Waals surface area contributed by atoms with E-state index >= 15 is 0 Å². The summed E-state index contributed by atoms with van der Waals surface area (Å²) in [5.41, 5.74) is 6.16. The number of nitrogens with zero attached hydrogens (tertiary/aromatic N) is 1. The van der Waals surface area contributed by atoms with Crippen LogP contribution in [0.1, 0.15) is 47.2 Å². The van der Waals surface area contributed by atoms with Gasteiger partial charge in [-0.3, -0.25) is 4.79 Å². The van der Waals surface area contributed by atoms with Crippen LogP contribution in [0.25, 0.3) is 10.2 Å². The first-order chi connectivity index (χ1) is 12.7. The molecule has 1 N–H and O–H groups in total. The van der Waals surface area contributed by atoms with Crippen molar-refractivity contribution in [1.29, 1.82) is 0 Å². The molecule has 0 bridgehead atoms. The van der Waals surface area contributed by atoms with Crippen LogP contribution in [0.15, 0.2) is 48.0 Å². The smallest absolute Gasteiger partial charge is 0.165 e. The van der Waals surface area contributed by atoms with Crippen LogP contribution in [0.4, 0.5) is 0 Å². The average Bonchev–Trinajstić information content (AvgIpc) is 3.30. The summed E-state index contributed by atoms with van der Waals surface area (Å²) in [5, 5.41) is 10.3. The standard InChI is InChI=1S/C22H23NO2S/c24-18(9-8-15-12-16-4-1-2-5-17(16)13-15)10-11-20(25)19-6-3-7-21-22(19)23-14-26-21/h1-7,14-15,18,24H,8-13H2/t18-/m0/s1. The first-order valence-electron chi connectivity index (χ1n) is 9.31. The third-order valence-corrected chi connectivity index (χ3v) is 6.20. The summed E-state index contributed by atoms with van der Waals surface area (Å²) < 4.78 is 1.04. The number of rotatable bonds is 7. The van der Waals surface area contributed by atoms with Gasteiger partial charge < -0.3 is 5.11 Å². The predicted octanol–water partition coefficient (Wildman–Crippen LogP) is 4.82. The molecule has 0 amide bonds. The van der Waals surface area contributed by atoms with Crippen LogP contribution >= 0.6 is 11.3 Å². The lowest BCUT2D eigenvalue weighted by Crippen LogP contribution is -2.12. The van der Waals surface area contributed by atoms with Gasteiger partial charge in [-0.25, -0.2) is 4.98 Å². The first-order valence-corrected chi connectivity index (χ1v) is 10.2. The van der Waals surface area contributed by atoms with E-state index in [0.29, 0.717) is 24.3 Å². The minimum atomic E-state index is -0.405. The van der Waals surface area contributed by atoms with Crippen molar-refractivity contribution < 1.29 is 9.90 Å². The lowest BCUT2D eigenvalue weighted by Gasteiger charge is -2.13. The third-order valence-electron chi connectivity index (χ3n) is 5.41. The Kier molecular flexibility index (Phi) is 5.14. The van der Waals surface area contributed by atoms with Gasteiger partial charge in [-0.2, -0.15) is 0 Å². The monoisotopic (exact) mass is 365 g/mol. The number of aliphatic hydroxyl groups is 1. The average molecular weight is 365 g/mol. The highest BCUT2D eigenvalue weighted by atomic mass is 32.1. The van der Waals surface area contributed by atoms with E-state index in [1.807, 2.05) is 18.2 Å². The highest BCUT2D eigenvalue weighted by Crippen LogP contribution is 2.30. The summed E-state index contributed by atoms with van der Waals surface area (Å²) in [6.45, 7) is 0. The van der Waals surface area contributed by atoms with Crippen molar-refractivity contribution in [2.24, 2.45) is 5.92 Å². The van der Waals surface area contributed by atoms with E-state index in [1.165, 1.54) is 11.1 Å². The molecule has 0 unspecified atom stereocenters. The fourth-order valence-electron chi connectivity index (χ4n) is 3.97. The van der Waals surface area contributed by atoms with Crippen LogP contribution in [0.5, 0.6) is 0 Å². The van der Waals surface area contributed by atoms with E-state index in [1.54, 1.807) is 16.8 Å². The number of aliphatic hydroxyl groups excluding tert-OH is 1. The molecule has 4 heteroatoms. The quantitative estimate of drug-likeness (QED) is 0.611. The molecule has 134 valence electrons. The lowest BCUT2D eigenvalue weighted by molar-refractivity contribution is 0.0928. The Balaban J connectivity index is 1.26.